The molecule has 1 amide bonds. The summed E-state index contributed by atoms with van der Waals surface area (Å²) in [5, 5.41) is 11.5. The lowest BCUT2D eigenvalue weighted by atomic mass is 10.1. The SMILES string of the molecule is Cc1ccc(Br)c(C(=O)N[C@H](C)CO)c1. The molecule has 0 fully saturated rings. The number of amides is 1. The summed E-state index contributed by atoms with van der Waals surface area (Å²) in [6.07, 6.45) is 0. The molecule has 0 aliphatic heterocycles. The molecule has 0 aliphatic carbocycles. The van der Waals surface area contributed by atoms with E-state index in [1.165, 1.54) is 0 Å². The van der Waals surface area contributed by atoms with E-state index in [-0.39, 0.29) is 18.6 Å². The van der Waals surface area contributed by atoms with Crippen LogP contribution in [0.1, 0.15) is 22.8 Å². The summed E-state index contributed by atoms with van der Waals surface area (Å²) in [4.78, 5) is 11.7. The third-order valence-corrected chi connectivity index (χ3v) is 2.71. The van der Waals surface area contributed by atoms with E-state index in [4.69, 9.17) is 5.11 Å². The minimum atomic E-state index is -0.232. The van der Waals surface area contributed by atoms with E-state index in [2.05, 4.69) is 21.2 Å². The van der Waals surface area contributed by atoms with Crippen LogP contribution in [0.2, 0.25) is 0 Å². The molecule has 0 aliphatic rings. The molecule has 82 valence electrons. The number of halogens is 1. The van der Waals surface area contributed by atoms with Crippen molar-refractivity contribution in [1.82, 2.24) is 5.32 Å². The smallest absolute Gasteiger partial charge is 0.252 e. The Balaban J connectivity index is 2.86. The largest absolute Gasteiger partial charge is 0.394 e. The highest BCUT2D eigenvalue weighted by Crippen LogP contribution is 2.17. The van der Waals surface area contributed by atoms with Gasteiger partial charge in [-0.2, -0.15) is 0 Å². The minimum Gasteiger partial charge on any atom is -0.394 e. The molecule has 1 rings (SSSR count). The lowest BCUT2D eigenvalue weighted by Crippen LogP contribution is -2.35. The molecule has 0 aromatic heterocycles. The number of hydrogen-bond acceptors (Lipinski definition) is 2. The first kappa shape index (κ1) is 12.2. The summed E-state index contributed by atoms with van der Waals surface area (Å²) in [5.74, 6) is -0.174. The van der Waals surface area contributed by atoms with Gasteiger partial charge in [0, 0.05) is 10.5 Å². The number of aliphatic hydroxyl groups excluding tert-OH is 1. The van der Waals surface area contributed by atoms with Crippen LogP contribution in [-0.2, 0) is 0 Å². The first-order chi connectivity index (χ1) is 7.04. The van der Waals surface area contributed by atoms with Gasteiger partial charge in [-0.25, -0.2) is 0 Å². The summed E-state index contributed by atoms with van der Waals surface area (Å²) in [5.41, 5.74) is 1.62. The van der Waals surface area contributed by atoms with Gasteiger partial charge < -0.3 is 10.4 Å². The lowest BCUT2D eigenvalue weighted by Gasteiger charge is -2.12. The van der Waals surface area contributed by atoms with Gasteiger partial charge in [0.1, 0.15) is 0 Å². The highest BCUT2D eigenvalue weighted by Gasteiger charge is 2.12. The average molecular weight is 272 g/mol. The minimum absolute atomic E-state index is 0.0603. The fraction of sp³-hybridized carbons (Fsp3) is 0.364. The van der Waals surface area contributed by atoms with Crippen LogP contribution in [0.25, 0.3) is 0 Å². The number of aryl methyl sites for hydroxylation is 1. The second kappa shape index (κ2) is 5.28. The highest BCUT2D eigenvalue weighted by atomic mass is 79.9. The molecule has 1 aromatic carbocycles. The van der Waals surface area contributed by atoms with Gasteiger partial charge in [0.15, 0.2) is 0 Å². The van der Waals surface area contributed by atoms with Crippen LogP contribution in [0.15, 0.2) is 22.7 Å². The van der Waals surface area contributed by atoms with Gasteiger partial charge in [-0.05, 0) is 41.9 Å². The molecule has 0 saturated carbocycles. The van der Waals surface area contributed by atoms with Crippen molar-refractivity contribution in [3.63, 3.8) is 0 Å². The van der Waals surface area contributed by atoms with Gasteiger partial charge in [0.05, 0.1) is 12.2 Å². The Hall–Kier alpha value is -0.870. The second-order valence-corrected chi connectivity index (χ2v) is 4.39. The molecule has 0 saturated heterocycles. The van der Waals surface area contributed by atoms with Crippen LogP contribution in [0.5, 0.6) is 0 Å². The number of carbonyl (C=O) groups excluding carboxylic acids is 1. The Morgan fingerprint density at radius 3 is 2.87 bits per heavy atom. The maximum absolute atomic E-state index is 11.7. The molecule has 0 unspecified atom stereocenters. The number of nitrogens with one attached hydrogen (secondary N) is 1. The fourth-order valence-corrected chi connectivity index (χ4v) is 1.59. The highest BCUT2D eigenvalue weighted by molar-refractivity contribution is 9.10. The first-order valence-corrected chi connectivity index (χ1v) is 5.51. The summed E-state index contributed by atoms with van der Waals surface area (Å²) < 4.78 is 0.760. The van der Waals surface area contributed by atoms with Crippen molar-refractivity contribution in [2.75, 3.05) is 6.61 Å². The van der Waals surface area contributed by atoms with E-state index in [9.17, 15) is 4.79 Å². The average Bonchev–Trinajstić information content (AvgIpc) is 2.21. The predicted molar refractivity (Wildman–Crippen MR) is 62.9 cm³/mol. The quantitative estimate of drug-likeness (QED) is 0.882. The topological polar surface area (TPSA) is 49.3 Å². The molecule has 0 heterocycles. The molecule has 3 nitrogen and oxygen atoms in total. The van der Waals surface area contributed by atoms with Crippen molar-refractivity contribution in [2.45, 2.75) is 19.9 Å². The third kappa shape index (κ3) is 3.32. The van der Waals surface area contributed by atoms with Gasteiger partial charge >= 0.3 is 0 Å². The monoisotopic (exact) mass is 271 g/mol. The summed E-state index contributed by atoms with van der Waals surface area (Å²) in [7, 11) is 0. The van der Waals surface area contributed by atoms with E-state index < -0.39 is 0 Å². The normalized spacial score (nSPS) is 12.3. The molecule has 0 bridgehead atoms. The van der Waals surface area contributed by atoms with Crippen molar-refractivity contribution in [1.29, 1.82) is 0 Å². The predicted octanol–water partition coefficient (Wildman–Crippen LogP) is 1.87. The van der Waals surface area contributed by atoms with E-state index >= 15 is 0 Å². The van der Waals surface area contributed by atoms with E-state index in [1.54, 1.807) is 6.92 Å². The van der Waals surface area contributed by atoms with Crippen molar-refractivity contribution in [2.24, 2.45) is 0 Å². The van der Waals surface area contributed by atoms with Crippen molar-refractivity contribution >= 4 is 21.8 Å². The van der Waals surface area contributed by atoms with Crippen molar-refractivity contribution in [3.8, 4) is 0 Å². The third-order valence-electron chi connectivity index (χ3n) is 2.02. The van der Waals surface area contributed by atoms with Crippen LogP contribution < -0.4 is 5.32 Å². The van der Waals surface area contributed by atoms with Crippen LogP contribution in [0.4, 0.5) is 0 Å². The van der Waals surface area contributed by atoms with Gasteiger partial charge in [0.2, 0.25) is 0 Å². The zero-order valence-electron chi connectivity index (χ0n) is 8.75. The number of rotatable bonds is 3. The Morgan fingerprint density at radius 2 is 2.27 bits per heavy atom. The number of aliphatic hydroxyl groups is 1. The number of hydrogen-bond donors (Lipinski definition) is 2. The van der Waals surface area contributed by atoms with E-state index in [0.29, 0.717) is 5.56 Å². The van der Waals surface area contributed by atoms with Crippen LogP contribution in [0, 0.1) is 6.92 Å². The summed E-state index contributed by atoms with van der Waals surface area (Å²) in [6, 6.07) is 5.35. The molecule has 15 heavy (non-hydrogen) atoms. The second-order valence-electron chi connectivity index (χ2n) is 3.54. The summed E-state index contributed by atoms with van der Waals surface area (Å²) >= 11 is 3.32. The number of benzene rings is 1. The van der Waals surface area contributed by atoms with Gasteiger partial charge in [-0.15, -0.1) is 0 Å². The molecule has 1 atom stereocenters. The molecule has 0 radical (unpaired) electrons. The van der Waals surface area contributed by atoms with Crippen LogP contribution in [-0.4, -0.2) is 23.7 Å². The van der Waals surface area contributed by atoms with Gasteiger partial charge in [0.25, 0.3) is 5.91 Å². The maximum Gasteiger partial charge on any atom is 0.252 e. The van der Waals surface area contributed by atoms with E-state index in [0.717, 1.165) is 10.0 Å². The van der Waals surface area contributed by atoms with E-state index in [1.807, 2.05) is 25.1 Å². The summed E-state index contributed by atoms with van der Waals surface area (Å²) in [6.45, 7) is 3.62. The molecule has 2 N–H and O–H groups in total. The molecule has 0 spiro atoms. The molecule has 4 heteroatoms. The Bertz CT molecular complexity index is 366. The Kier molecular flexibility index (Phi) is 4.29. The van der Waals surface area contributed by atoms with Crippen LogP contribution in [0.3, 0.4) is 0 Å². The fourth-order valence-electron chi connectivity index (χ4n) is 1.16. The first-order valence-electron chi connectivity index (χ1n) is 4.72. The zero-order chi connectivity index (χ0) is 11.4. The van der Waals surface area contributed by atoms with Crippen molar-refractivity contribution in [3.05, 3.63) is 33.8 Å². The maximum atomic E-state index is 11.7. The van der Waals surface area contributed by atoms with Crippen molar-refractivity contribution < 1.29 is 9.90 Å². The van der Waals surface area contributed by atoms with Gasteiger partial charge in [-0.1, -0.05) is 11.6 Å². The standard InChI is InChI=1S/C11H14BrNO2/c1-7-3-4-10(12)9(5-7)11(15)13-8(2)6-14/h3-5,8,14H,6H2,1-2H3,(H,13,15)/t8-/m1/s1. The number of carbonyl (C=O) groups is 1. The van der Waals surface area contributed by atoms with Gasteiger partial charge in [-0.3, -0.25) is 4.79 Å². The van der Waals surface area contributed by atoms with Crippen LogP contribution >= 0.6 is 15.9 Å². The molecular formula is C11H14BrNO2. The Labute approximate surface area is 97.6 Å². The lowest BCUT2D eigenvalue weighted by molar-refractivity contribution is 0.0921. The Morgan fingerprint density at radius 1 is 1.60 bits per heavy atom. The zero-order valence-corrected chi connectivity index (χ0v) is 10.3. The molecule has 1 aromatic rings. The molecular weight excluding hydrogens is 258 g/mol.